The summed E-state index contributed by atoms with van der Waals surface area (Å²) in [5, 5.41) is 20.8. The van der Waals surface area contributed by atoms with Crippen LogP contribution in [0.4, 0.5) is 0 Å². The van der Waals surface area contributed by atoms with Crippen molar-refractivity contribution in [1.82, 2.24) is 5.06 Å². The Hall–Kier alpha value is -4.99. The van der Waals surface area contributed by atoms with Gasteiger partial charge in [-0.05, 0) is 35.9 Å². The number of hydroxylamine groups is 2. The second-order valence-electron chi connectivity index (χ2n) is 7.78. The molecular weight excluding hydrogens is 458 g/mol. The van der Waals surface area contributed by atoms with Crippen molar-refractivity contribution in [2.45, 2.75) is 12.8 Å². The maximum Gasteiger partial charge on any atom is 0.371 e. The predicted octanol–water partition coefficient (Wildman–Crippen LogP) is 3.19. The standard InChI is InChI=1S/C25H15NO9/c27-12-5-6-15-18(11-12)34-23-16(21(15)13-3-1-2-4-14(13)24(31)32)7-8-17(28)22(23)25(33)35-26-19(29)9-10-20(26)30/h1-8,11,28H,9-10H2,(H,31,32). The van der Waals surface area contributed by atoms with E-state index in [9.17, 15) is 34.2 Å². The summed E-state index contributed by atoms with van der Waals surface area (Å²) in [5.74, 6) is -4.41. The van der Waals surface area contributed by atoms with Crippen LogP contribution >= 0.6 is 0 Å². The summed E-state index contributed by atoms with van der Waals surface area (Å²) in [6, 6.07) is 12.7. The lowest BCUT2D eigenvalue weighted by molar-refractivity contribution is -0.172. The van der Waals surface area contributed by atoms with Crippen molar-refractivity contribution >= 4 is 34.7 Å². The fourth-order valence-electron chi connectivity index (χ4n) is 4.09. The molecule has 0 atom stereocenters. The second kappa shape index (κ2) is 8.10. The highest BCUT2D eigenvalue weighted by Gasteiger charge is 2.35. The minimum Gasteiger partial charge on any atom is -0.507 e. The van der Waals surface area contributed by atoms with E-state index in [0.717, 1.165) is 6.07 Å². The monoisotopic (exact) mass is 473 g/mol. The molecule has 0 spiro atoms. The van der Waals surface area contributed by atoms with Gasteiger partial charge in [0.1, 0.15) is 17.1 Å². The molecule has 0 bridgehead atoms. The van der Waals surface area contributed by atoms with Gasteiger partial charge in [0.25, 0.3) is 11.8 Å². The van der Waals surface area contributed by atoms with Crippen LogP contribution in [0.1, 0.15) is 33.6 Å². The fraction of sp³-hybridized carbons (Fsp3) is 0.0800. The lowest BCUT2D eigenvalue weighted by atomic mass is 9.90. The Bertz CT molecular complexity index is 1580. The van der Waals surface area contributed by atoms with E-state index in [2.05, 4.69) is 0 Å². The third-order valence-electron chi connectivity index (χ3n) is 5.65. The Morgan fingerprint density at radius 1 is 0.914 bits per heavy atom. The van der Waals surface area contributed by atoms with E-state index < -0.39 is 40.5 Å². The first-order valence-electron chi connectivity index (χ1n) is 10.4. The van der Waals surface area contributed by atoms with Gasteiger partial charge in [0.2, 0.25) is 0 Å². The van der Waals surface area contributed by atoms with Crippen LogP contribution in [-0.2, 0) is 14.4 Å². The van der Waals surface area contributed by atoms with Gasteiger partial charge < -0.3 is 19.5 Å². The Morgan fingerprint density at radius 2 is 1.63 bits per heavy atom. The number of carbonyl (C=O) groups excluding carboxylic acids is 3. The number of fused-ring (bicyclic) bond motifs is 2. The normalized spacial score (nSPS) is 13.5. The summed E-state index contributed by atoms with van der Waals surface area (Å²) in [6.45, 7) is 0. The molecular formula is C25H15NO9. The van der Waals surface area contributed by atoms with E-state index in [1.54, 1.807) is 18.2 Å². The zero-order valence-electron chi connectivity index (χ0n) is 17.8. The van der Waals surface area contributed by atoms with Crippen molar-refractivity contribution < 1.29 is 38.6 Å². The number of hydrogen-bond acceptors (Lipinski definition) is 8. The highest BCUT2D eigenvalue weighted by molar-refractivity contribution is 6.13. The molecule has 0 aromatic heterocycles. The lowest BCUT2D eigenvalue weighted by Crippen LogP contribution is -2.32. The quantitative estimate of drug-likeness (QED) is 0.336. The maximum absolute atomic E-state index is 13.0. The van der Waals surface area contributed by atoms with Gasteiger partial charge in [-0.3, -0.25) is 14.4 Å². The van der Waals surface area contributed by atoms with Crippen molar-refractivity contribution in [2.24, 2.45) is 0 Å². The molecule has 1 saturated heterocycles. The molecule has 2 aliphatic heterocycles. The Balaban J connectivity index is 1.82. The van der Waals surface area contributed by atoms with Crippen molar-refractivity contribution in [2.75, 3.05) is 0 Å². The van der Waals surface area contributed by atoms with E-state index in [0.29, 0.717) is 16.2 Å². The van der Waals surface area contributed by atoms with Crippen LogP contribution in [-0.4, -0.2) is 39.0 Å². The molecule has 10 heteroatoms. The Kier molecular flexibility index (Phi) is 5.05. The van der Waals surface area contributed by atoms with Gasteiger partial charge in [-0.1, -0.05) is 18.2 Å². The number of aromatic hydroxyl groups is 1. The molecule has 2 heterocycles. The number of phenols is 1. The Labute approximate surface area is 195 Å². The van der Waals surface area contributed by atoms with E-state index in [1.165, 1.54) is 30.3 Å². The topological polar surface area (TPSA) is 151 Å². The van der Waals surface area contributed by atoms with Crippen LogP contribution in [0, 0.1) is 0 Å². The highest BCUT2D eigenvalue weighted by atomic mass is 16.7. The molecule has 0 saturated carbocycles. The van der Waals surface area contributed by atoms with Crippen LogP contribution in [0.5, 0.6) is 5.75 Å². The fourth-order valence-corrected chi connectivity index (χ4v) is 4.09. The lowest BCUT2D eigenvalue weighted by Gasteiger charge is -2.19. The first-order chi connectivity index (χ1) is 16.8. The van der Waals surface area contributed by atoms with Gasteiger partial charge in [0, 0.05) is 35.4 Å². The smallest absolute Gasteiger partial charge is 0.371 e. The van der Waals surface area contributed by atoms with Gasteiger partial charge in [0.15, 0.2) is 11.0 Å². The molecule has 3 aliphatic rings. The van der Waals surface area contributed by atoms with Crippen LogP contribution in [0.2, 0.25) is 0 Å². The van der Waals surface area contributed by atoms with Crippen LogP contribution < -0.4 is 5.43 Å². The first kappa shape index (κ1) is 21.8. The number of carbonyl (C=O) groups is 4. The van der Waals surface area contributed by atoms with E-state index >= 15 is 0 Å². The van der Waals surface area contributed by atoms with Crippen molar-refractivity contribution in [1.29, 1.82) is 0 Å². The third-order valence-corrected chi connectivity index (χ3v) is 5.65. The molecule has 2 aromatic rings. The van der Waals surface area contributed by atoms with Gasteiger partial charge in [0.05, 0.1) is 5.56 Å². The Morgan fingerprint density at radius 3 is 2.34 bits per heavy atom. The second-order valence-corrected chi connectivity index (χ2v) is 7.78. The summed E-state index contributed by atoms with van der Waals surface area (Å²) in [4.78, 5) is 65.8. The summed E-state index contributed by atoms with van der Waals surface area (Å²) < 4.78 is 5.84. The van der Waals surface area contributed by atoms with E-state index in [4.69, 9.17) is 9.25 Å². The van der Waals surface area contributed by atoms with Crippen LogP contribution in [0.3, 0.4) is 0 Å². The summed E-state index contributed by atoms with van der Waals surface area (Å²) in [6.07, 6.45) is -0.240. The number of rotatable bonds is 4. The number of benzene rings is 3. The van der Waals surface area contributed by atoms with Gasteiger partial charge >= 0.3 is 11.9 Å². The highest BCUT2D eigenvalue weighted by Crippen LogP contribution is 2.43. The number of amides is 2. The maximum atomic E-state index is 13.0. The minimum atomic E-state index is -1.24. The van der Waals surface area contributed by atoms with Crippen LogP contribution in [0.25, 0.3) is 33.4 Å². The molecule has 10 nitrogen and oxygen atoms in total. The molecule has 1 aliphatic carbocycles. The molecule has 35 heavy (non-hydrogen) atoms. The number of hydrogen-bond donors (Lipinski definition) is 2. The zero-order chi connectivity index (χ0) is 24.9. The largest absolute Gasteiger partial charge is 0.507 e. The average Bonchev–Trinajstić information content (AvgIpc) is 3.14. The molecule has 174 valence electrons. The summed E-state index contributed by atoms with van der Waals surface area (Å²) in [7, 11) is 0. The van der Waals surface area contributed by atoms with Crippen molar-refractivity contribution in [3.8, 4) is 28.2 Å². The summed E-state index contributed by atoms with van der Waals surface area (Å²) in [5.41, 5.74) is -0.167. The van der Waals surface area contributed by atoms with E-state index in [1.807, 2.05) is 0 Å². The molecule has 5 rings (SSSR count). The molecule has 0 radical (unpaired) electrons. The number of imide groups is 1. The molecule has 2 aromatic carbocycles. The SMILES string of the molecule is O=C(O)c1ccccc1-c1c2ccc(=O)cc-2oc2c(C(=O)ON3C(=O)CCC3=O)c(O)ccc12. The number of nitrogens with zero attached hydrogens (tertiary/aromatic N) is 1. The van der Waals surface area contributed by atoms with Gasteiger partial charge in [-0.2, -0.15) is 0 Å². The van der Waals surface area contributed by atoms with Crippen molar-refractivity contribution in [3.05, 3.63) is 75.9 Å². The third kappa shape index (κ3) is 3.57. The van der Waals surface area contributed by atoms with Gasteiger partial charge in [-0.25, -0.2) is 9.59 Å². The van der Waals surface area contributed by atoms with Crippen LogP contribution in [0.15, 0.2) is 63.8 Å². The molecule has 0 unspecified atom stereocenters. The number of carboxylic acids is 1. The molecule has 2 amide bonds. The van der Waals surface area contributed by atoms with E-state index in [-0.39, 0.29) is 40.7 Å². The zero-order valence-corrected chi connectivity index (χ0v) is 17.8. The number of aromatic carboxylic acids is 1. The average molecular weight is 473 g/mol. The molecule has 2 N–H and O–H groups in total. The molecule has 1 fully saturated rings. The number of phenolic OH excluding ortho intramolecular Hbond substituents is 1. The summed E-state index contributed by atoms with van der Waals surface area (Å²) >= 11 is 0. The first-order valence-corrected chi connectivity index (χ1v) is 10.4. The minimum absolute atomic E-state index is 0.0215. The van der Waals surface area contributed by atoms with Crippen molar-refractivity contribution in [3.63, 3.8) is 0 Å². The number of carboxylic acid groups (broad SMARTS) is 1. The predicted molar refractivity (Wildman–Crippen MR) is 120 cm³/mol. The van der Waals surface area contributed by atoms with Gasteiger partial charge in [-0.15, -0.1) is 5.06 Å².